The van der Waals surface area contributed by atoms with Crippen molar-refractivity contribution in [2.75, 3.05) is 6.54 Å². The van der Waals surface area contributed by atoms with Gasteiger partial charge in [0.1, 0.15) is 6.10 Å². The minimum atomic E-state index is -2.03. The van der Waals surface area contributed by atoms with Gasteiger partial charge >= 0.3 is 0 Å². The first kappa shape index (κ1) is 20.7. The van der Waals surface area contributed by atoms with Crippen molar-refractivity contribution < 1.29 is 9.22 Å². The molecule has 1 N–H and O–H groups in total. The van der Waals surface area contributed by atoms with Gasteiger partial charge in [-0.1, -0.05) is 70.5 Å². The Morgan fingerprint density at radius 1 is 1.25 bits per heavy atom. The van der Waals surface area contributed by atoms with Crippen molar-refractivity contribution in [2.24, 2.45) is 0 Å². The monoisotopic (exact) mass is 347 g/mol. The maximum Gasteiger partial charge on any atom is 0.251 e. The van der Waals surface area contributed by atoms with Crippen LogP contribution in [0.4, 0.5) is 0 Å². The largest absolute Gasteiger partial charge is 0.402 e. The van der Waals surface area contributed by atoms with E-state index in [1.54, 1.807) is 0 Å². The van der Waals surface area contributed by atoms with E-state index in [-0.39, 0.29) is 10.9 Å². The molecule has 134 valence electrons. The van der Waals surface area contributed by atoms with Crippen LogP contribution in [-0.2, 0) is 9.22 Å². The van der Waals surface area contributed by atoms with Crippen molar-refractivity contribution in [3.05, 3.63) is 42.0 Å². The van der Waals surface area contributed by atoms with Gasteiger partial charge in [0.2, 0.25) is 0 Å². The van der Waals surface area contributed by atoms with E-state index in [0.29, 0.717) is 6.54 Å². The first-order valence-electron chi connectivity index (χ1n) is 8.86. The summed E-state index contributed by atoms with van der Waals surface area (Å²) in [6, 6.07) is 10.0. The Hall–Kier alpha value is -1.39. The van der Waals surface area contributed by atoms with Crippen LogP contribution in [0.1, 0.15) is 46.1 Å². The number of hydrogen-bond acceptors (Lipinski definition) is 2. The molecule has 1 rings (SSSR count). The molecule has 1 amide bonds. The lowest BCUT2D eigenvalue weighted by Gasteiger charge is -2.38. The number of unbranched alkanes of at least 4 members (excludes halogenated alkanes) is 1. The average molecular weight is 348 g/mol. The SMILES string of the molecule is CCCCNC(=O)C(C=Cc1ccccc1)O[Si](C)(C)C(C)(C)C. The molecule has 0 aliphatic carbocycles. The van der Waals surface area contributed by atoms with Gasteiger partial charge in [-0.3, -0.25) is 4.79 Å². The highest BCUT2D eigenvalue weighted by Crippen LogP contribution is 2.37. The van der Waals surface area contributed by atoms with E-state index in [1.165, 1.54) is 0 Å². The zero-order valence-electron chi connectivity index (χ0n) is 16.1. The second-order valence-corrected chi connectivity index (χ2v) is 12.5. The number of rotatable bonds is 8. The lowest BCUT2D eigenvalue weighted by atomic mass is 10.2. The van der Waals surface area contributed by atoms with Crippen molar-refractivity contribution >= 4 is 20.3 Å². The standard InChI is InChI=1S/C20H33NO2Si/c1-7-8-16-21-19(22)18(23-24(5,6)20(2,3)4)15-14-17-12-10-9-11-13-17/h9-15,18H,7-8,16H2,1-6H3,(H,21,22). The van der Waals surface area contributed by atoms with Gasteiger partial charge in [0.05, 0.1) is 0 Å². The van der Waals surface area contributed by atoms with Crippen molar-refractivity contribution in [2.45, 2.75) is 64.8 Å². The molecule has 0 aliphatic rings. The summed E-state index contributed by atoms with van der Waals surface area (Å²) in [5, 5.41) is 3.07. The molecule has 0 radical (unpaired) electrons. The van der Waals surface area contributed by atoms with Gasteiger partial charge in [0.15, 0.2) is 8.32 Å². The molecule has 1 aromatic carbocycles. The number of nitrogens with one attached hydrogen (secondary N) is 1. The van der Waals surface area contributed by atoms with Crippen molar-refractivity contribution in [1.82, 2.24) is 5.32 Å². The van der Waals surface area contributed by atoms with Gasteiger partial charge in [0, 0.05) is 6.54 Å². The second-order valence-electron chi connectivity index (χ2n) is 7.71. The molecule has 0 saturated carbocycles. The van der Waals surface area contributed by atoms with Gasteiger partial charge in [-0.15, -0.1) is 0 Å². The van der Waals surface area contributed by atoms with Crippen LogP contribution in [0, 0.1) is 0 Å². The molecule has 3 nitrogen and oxygen atoms in total. The second kappa shape index (κ2) is 9.18. The van der Waals surface area contributed by atoms with E-state index in [2.05, 4.69) is 46.1 Å². The van der Waals surface area contributed by atoms with E-state index in [0.717, 1.165) is 18.4 Å². The van der Waals surface area contributed by atoms with Crippen LogP contribution in [0.5, 0.6) is 0 Å². The van der Waals surface area contributed by atoms with Crippen LogP contribution in [0.25, 0.3) is 6.08 Å². The molecule has 24 heavy (non-hydrogen) atoms. The number of hydrogen-bond donors (Lipinski definition) is 1. The maximum atomic E-state index is 12.6. The topological polar surface area (TPSA) is 38.3 Å². The van der Waals surface area contributed by atoms with Crippen molar-refractivity contribution in [1.29, 1.82) is 0 Å². The van der Waals surface area contributed by atoms with E-state index in [1.807, 2.05) is 42.5 Å². The van der Waals surface area contributed by atoms with Crippen molar-refractivity contribution in [3.63, 3.8) is 0 Å². The van der Waals surface area contributed by atoms with E-state index < -0.39 is 14.4 Å². The molecule has 1 aromatic rings. The lowest BCUT2D eigenvalue weighted by Crippen LogP contribution is -2.48. The Bertz CT molecular complexity index is 532. The number of benzene rings is 1. The quantitative estimate of drug-likeness (QED) is 0.530. The van der Waals surface area contributed by atoms with E-state index in [9.17, 15) is 4.79 Å². The summed E-state index contributed by atoms with van der Waals surface area (Å²) in [5.41, 5.74) is 1.07. The fourth-order valence-corrected chi connectivity index (χ4v) is 3.10. The fraction of sp³-hybridized carbons (Fsp3) is 0.550. The normalized spacial score (nSPS) is 13.9. The minimum absolute atomic E-state index is 0.0412. The van der Waals surface area contributed by atoms with Gasteiger partial charge in [-0.05, 0) is 36.2 Å². The highest BCUT2D eigenvalue weighted by Gasteiger charge is 2.40. The summed E-state index contributed by atoms with van der Waals surface area (Å²) < 4.78 is 6.36. The molecule has 4 heteroatoms. The first-order chi connectivity index (χ1) is 11.2. The zero-order valence-corrected chi connectivity index (χ0v) is 17.1. The number of amides is 1. The van der Waals surface area contributed by atoms with Crippen LogP contribution in [0.3, 0.4) is 0 Å². The third kappa shape index (κ3) is 6.61. The predicted molar refractivity (Wildman–Crippen MR) is 105 cm³/mol. The number of carbonyl (C=O) groups excluding carboxylic acids is 1. The molecule has 1 atom stereocenters. The maximum absolute atomic E-state index is 12.6. The summed E-state index contributed by atoms with van der Waals surface area (Å²) in [4.78, 5) is 12.6. The van der Waals surface area contributed by atoms with Crippen LogP contribution in [0.15, 0.2) is 36.4 Å². The van der Waals surface area contributed by atoms with Gasteiger partial charge in [-0.2, -0.15) is 0 Å². The minimum Gasteiger partial charge on any atom is -0.402 e. The van der Waals surface area contributed by atoms with Crippen molar-refractivity contribution in [3.8, 4) is 0 Å². The first-order valence-corrected chi connectivity index (χ1v) is 11.8. The molecule has 0 fully saturated rings. The Balaban J connectivity index is 2.90. The Morgan fingerprint density at radius 2 is 1.88 bits per heavy atom. The predicted octanol–water partition coefficient (Wildman–Crippen LogP) is 5.01. The summed E-state index contributed by atoms with van der Waals surface area (Å²) >= 11 is 0. The molecule has 0 aromatic heterocycles. The van der Waals surface area contributed by atoms with E-state index in [4.69, 9.17) is 4.43 Å². The highest BCUT2D eigenvalue weighted by molar-refractivity contribution is 6.74. The Kier molecular flexibility index (Phi) is 7.90. The lowest BCUT2D eigenvalue weighted by molar-refractivity contribution is -0.126. The average Bonchev–Trinajstić information content (AvgIpc) is 2.51. The molecule has 0 heterocycles. The van der Waals surface area contributed by atoms with Crippen LogP contribution in [-0.4, -0.2) is 26.9 Å². The number of carbonyl (C=O) groups is 1. The third-order valence-corrected chi connectivity index (χ3v) is 9.03. The highest BCUT2D eigenvalue weighted by atomic mass is 28.4. The Morgan fingerprint density at radius 3 is 2.42 bits per heavy atom. The third-order valence-electron chi connectivity index (χ3n) is 4.58. The summed E-state index contributed by atoms with van der Waals surface area (Å²) in [5.74, 6) is -0.0412. The smallest absolute Gasteiger partial charge is 0.251 e. The molecular formula is C20H33NO2Si. The van der Waals surface area contributed by atoms with Crippen LogP contribution in [0.2, 0.25) is 18.1 Å². The van der Waals surface area contributed by atoms with Gasteiger partial charge < -0.3 is 9.74 Å². The molecule has 0 aliphatic heterocycles. The van der Waals surface area contributed by atoms with Crippen LogP contribution >= 0.6 is 0 Å². The van der Waals surface area contributed by atoms with Crippen LogP contribution < -0.4 is 5.32 Å². The molecule has 1 unspecified atom stereocenters. The zero-order chi connectivity index (χ0) is 18.2. The summed E-state index contributed by atoms with van der Waals surface area (Å²) in [7, 11) is -2.03. The summed E-state index contributed by atoms with van der Waals surface area (Å²) in [6.07, 6.45) is 5.37. The molecule has 0 bridgehead atoms. The van der Waals surface area contributed by atoms with E-state index >= 15 is 0 Å². The Labute approximate surface area is 148 Å². The molecule has 0 spiro atoms. The fourth-order valence-electron chi connectivity index (χ4n) is 1.93. The van der Waals surface area contributed by atoms with Gasteiger partial charge in [-0.25, -0.2) is 0 Å². The summed E-state index contributed by atoms with van der Waals surface area (Å²) in [6.45, 7) is 13.7. The van der Waals surface area contributed by atoms with Gasteiger partial charge in [0.25, 0.3) is 5.91 Å². The molecular weight excluding hydrogens is 314 g/mol. The molecule has 0 saturated heterocycles.